The van der Waals surface area contributed by atoms with Gasteiger partial charge in [-0.25, -0.2) is 0 Å². The Morgan fingerprint density at radius 2 is 1.40 bits per heavy atom. The van der Waals surface area contributed by atoms with Crippen LogP contribution in [0.25, 0.3) is 0 Å². The van der Waals surface area contributed by atoms with Crippen LogP contribution in [0.3, 0.4) is 0 Å². The molecule has 0 bridgehead atoms. The zero-order valence-corrected chi connectivity index (χ0v) is 21.5. The predicted molar refractivity (Wildman–Crippen MR) is 146 cm³/mol. The second-order valence-corrected chi connectivity index (χ2v) is 10.8. The molecule has 3 nitrogen and oxygen atoms in total. The van der Waals surface area contributed by atoms with Crippen LogP contribution in [0.15, 0.2) is 84.9 Å². The number of benzene rings is 3. The molecule has 1 aliphatic heterocycles. The first-order valence-electron chi connectivity index (χ1n) is 13.0. The molecule has 0 spiro atoms. The lowest BCUT2D eigenvalue weighted by Crippen LogP contribution is -2.38. The van der Waals surface area contributed by atoms with Crippen LogP contribution >= 0.6 is 0 Å². The first-order chi connectivity index (χ1) is 16.9. The van der Waals surface area contributed by atoms with E-state index in [1.165, 1.54) is 16.7 Å². The molecule has 184 valence electrons. The minimum atomic E-state index is -0.0230. The first kappa shape index (κ1) is 25.3. The van der Waals surface area contributed by atoms with E-state index in [4.69, 9.17) is 4.74 Å². The molecule has 1 fully saturated rings. The number of ether oxygens (including phenoxy) is 1. The summed E-state index contributed by atoms with van der Waals surface area (Å²) in [5.74, 6) is 0.497. The van der Waals surface area contributed by atoms with Crippen molar-refractivity contribution in [2.45, 2.75) is 64.1 Å². The average molecular weight is 471 g/mol. The predicted octanol–water partition coefficient (Wildman–Crippen LogP) is 6.93. The Morgan fingerprint density at radius 1 is 0.857 bits per heavy atom. The van der Waals surface area contributed by atoms with Crippen LogP contribution in [0, 0.1) is 0 Å². The minimum Gasteiger partial charge on any atom is -0.365 e. The lowest BCUT2D eigenvalue weighted by molar-refractivity contribution is -0.0269. The van der Waals surface area contributed by atoms with Crippen molar-refractivity contribution in [1.29, 1.82) is 0 Å². The Hall–Kier alpha value is -2.75. The summed E-state index contributed by atoms with van der Waals surface area (Å²) in [5.41, 5.74) is 4.79. The highest BCUT2D eigenvalue weighted by Crippen LogP contribution is 2.30. The van der Waals surface area contributed by atoms with Crippen molar-refractivity contribution < 1.29 is 9.53 Å². The van der Waals surface area contributed by atoms with Gasteiger partial charge in [-0.3, -0.25) is 4.79 Å². The molecule has 0 saturated carbocycles. The van der Waals surface area contributed by atoms with Crippen LogP contribution in [0.4, 0.5) is 0 Å². The van der Waals surface area contributed by atoms with Crippen molar-refractivity contribution >= 4 is 5.78 Å². The van der Waals surface area contributed by atoms with E-state index < -0.39 is 0 Å². The van der Waals surface area contributed by atoms with E-state index in [2.05, 4.69) is 111 Å². The second-order valence-electron chi connectivity index (χ2n) is 10.8. The monoisotopic (exact) mass is 470 g/mol. The summed E-state index contributed by atoms with van der Waals surface area (Å²) >= 11 is 0. The zero-order valence-electron chi connectivity index (χ0n) is 21.5. The number of piperidine rings is 1. The molecule has 3 heteroatoms. The Morgan fingerprint density at radius 3 is 1.91 bits per heavy atom. The highest BCUT2D eigenvalue weighted by Gasteiger charge is 2.25. The highest BCUT2D eigenvalue weighted by molar-refractivity contribution is 5.96. The number of carbonyl (C=O) groups excluding carboxylic acids is 1. The molecule has 1 heterocycles. The second kappa shape index (κ2) is 11.8. The van der Waals surface area contributed by atoms with Gasteiger partial charge in [0, 0.05) is 13.1 Å². The molecule has 3 aromatic carbocycles. The van der Waals surface area contributed by atoms with Gasteiger partial charge in [-0.1, -0.05) is 93.6 Å². The Kier molecular flexibility index (Phi) is 8.54. The Labute approximate surface area is 211 Å². The molecule has 1 N–H and O–H groups in total. The van der Waals surface area contributed by atoms with Gasteiger partial charge >= 0.3 is 5.78 Å². The number of ketones is 1. The molecule has 0 unspecified atom stereocenters. The molecule has 1 aliphatic rings. The lowest BCUT2D eigenvalue weighted by atomic mass is 9.86. The van der Waals surface area contributed by atoms with E-state index in [0.29, 0.717) is 5.78 Å². The molecule has 4 rings (SSSR count). The van der Waals surface area contributed by atoms with Gasteiger partial charge in [0.25, 0.3) is 0 Å². The van der Waals surface area contributed by atoms with E-state index in [-0.39, 0.29) is 17.6 Å². The molecular formula is C32H40NO2+. The quantitative estimate of drug-likeness (QED) is 0.251. The van der Waals surface area contributed by atoms with Crippen LogP contribution in [-0.2, 0) is 10.2 Å². The number of nitrogens with zero attached hydrogens (tertiary/aromatic N) is 1. The van der Waals surface area contributed by atoms with Gasteiger partial charge in [0.15, 0.2) is 0 Å². The maximum atomic E-state index is 10.6. The molecule has 0 radical (unpaired) electrons. The molecule has 0 aliphatic carbocycles. The summed E-state index contributed by atoms with van der Waals surface area (Å²) in [6.45, 7) is 9.73. The normalized spacial score (nSPS) is 15.4. The van der Waals surface area contributed by atoms with Crippen molar-refractivity contribution in [3.05, 3.63) is 107 Å². The fourth-order valence-corrected chi connectivity index (χ4v) is 4.84. The number of rotatable bonds is 9. The van der Waals surface area contributed by atoms with Crippen LogP contribution in [-0.4, -0.2) is 41.2 Å². The van der Waals surface area contributed by atoms with Crippen LogP contribution in [0.1, 0.15) is 74.8 Å². The summed E-state index contributed by atoms with van der Waals surface area (Å²) in [5, 5.41) is 0. The fourth-order valence-electron chi connectivity index (χ4n) is 4.84. The lowest BCUT2D eigenvalue weighted by Gasteiger charge is -2.34. The molecule has 1 saturated heterocycles. The van der Waals surface area contributed by atoms with Crippen LogP contribution in [0.5, 0.6) is 0 Å². The maximum absolute atomic E-state index is 10.6. The van der Waals surface area contributed by atoms with Crippen molar-refractivity contribution in [1.82, 2.24) is 4.90 Å². The van der Waals surface area contributed by atoms with Crippen molar-refractivity contribution in [2.75, 3.05) is 19.6 Å². The topological polar surface area (TPSA) is 33.9 Å². The van der Waals surface area contributed by atoms with E-state index >= 15 is 0 Å². The largest absolute Gasteiger partial charge is 0.365 e. The van der Waals surface area contributed by atoms with E-state index in [1.807, 2.05) is 0 Å². The molecule has 35 heavy (non-hydrogen) atoms. The standard InChI is InChI=1S/C32H39NO2/c1-32(2,3)28-18-16-25(17-19-28)30(34)15-10-22-33-23-20-29(21-24-33)35-31(26-11-6-4-7-12-26)27-13-8-5-9-14-27/h4-9,11-14,16-19,29,31H,10,15,20-24H2,1-3H3/p+1. The van der Waals surface area contributed by atoms with Gasteiger partial charge in [-0.15, -0.1) is 0 Å². The summed E-state index contributed by atoms with van der Waals surface area (Å²) in [4.78, 5) is 13.1. The average Bonchev–Trinajstić information content (AvgIpc) is 2.88. The van der Waals surface area contributed by atoms with Crippen molar-refractivity contribution in [2.24, 2.45) is 0 Å². The van der Waals surface area contributed by atoms with E-state index in [0.717, 1.165) is 50.9 Å². The molecule has 0 aromatic heterocycles. The zero-order chi connectivity index (χ0) is 24.7. The summed E-state index contributed by atoms with van der Waals surface area (Å²) in [7, 11) is 0. The van der Waals surface area contributed by atoms with Crippen LogP contribution < -0.4 is 0 Å². The van der Waals surface area contributed by atoms with Crippen LogP contribution in [0.2, 0.25) is 0 Å². The van der Waals surface area contributed by atoms with Crippen molar-refractivity contribution in [3.8, 4) is 0 Å². The molecule has 0 amide bonds. The van der Waals surface area contributed by atoms with Gasteiger partial charge in [0.2, 0.25) is 0 Å². The SMILES string of the molecule is CC(C)(C)c1ccc(C(=[OH+])CCCN2CCC(OC(c3ccccc3)c3ccccc3)CC2)cc1. The molecular weight excluding hydrogens is 430 g/mol. The fraction of sp³-hybridized carbons (Fsp3) is 0.406. The van der Waals surface area contributed by atoms with Crippen molar-refractivity contribution in [3.63, 3.8) is 0 Å². The summed E-state index contributed by atoms with van der Waals surface area (Å²) in [6, 6.07) is 29.5. The third-order valence-electron chi connectivity index (χ3n) is 7.04. The van der Waals surface area contributed by atoms with Gasteiger partial charge < -0.3 is 9.64 Å². The highest BCUT2D eigenvalue weighted by atomic mass is 16.5. The van der Waals surface area contributed by atoms with Gasteiger partial charge in [0.05, 0.1) is 18.1 Å². The first-order valence-corrected chi connectivity index (χ1v) is 13.0. The maximum Gasteiger partial charge on any atom is 0.323 e. The van der Waals surface area contributed by atoms with E-state index in [1.54, 1.807) is 0 Å². The van der Waals surface area contributed by atoms with E-state index in [9.17, 15) is 4.79 Å². The molecule has 0 atom stereocenters. The minimum absolute atomic E-state index is 0.0230. The Bertz CT molecular complexity index is 1010. The number of hydrogen-bond donors (Lipinski definition) is 0. The third-order valence-corrected chi connectivity index (χ3v) is 7.04. The van der Waals surface area contributed by atoms with Gasteiger partial charge in [0.1, 0.15) is 6.10 Å². The smallest absolute Gasteiger partial charge is 0.323 e. The van der Waals surface area contributed by atoms with Gasteiger partial charge in [-0.2, -0.15) is 0 Å². The Balaban J connectivity index is 1.24. The number of likely N-dealkylation sites (tertiary alicyclic amines) is 1. The number of hydrogen-bond acceptors (Lipinski definition) is 2. The summed E-state index contributed by atoms with van der Waals surface area (Å²) < 4.78 is 6.68. The van der Waals surface area contributed by atoms with Gasteiger partial charge in [-0.05, 0) is 60.0 Å². The third kappa shape index (κ3) is 7.13. The molecule has 3 aromatic rings. The summed E-state index contributed by atoms with van der Waals surface area (Å²) in [6.07, 6.45) is 4.01.